The highest BCUT2D eigenvalue weighted by molar-refractivity contribution is 6.30. The Morgan fingerprint density at radius 1 is 1.31 bits per heavy atom. The normalized spacial score (nSPS) is 10.2. The predicted octanol–water partition coefficient (Wildman–Crippen LogP) is 2.13. The number of nitrogens with zero attached hydrogens (tertiary/aromatic N) is 2. The average Bonchev–Trinajstić information content (AvgIpc) is 2.13. The Kier molecular flexibility index (Phi) is 3.42. The number of halogens is 2. The molecule has 1 N–H and O–H groups in total. The summed E-state index contributed by atoms with van der Waals surface area (Å²) in [5.41, 5.74) is 1.78. The molecular formula is C8H11ClFN3. The lowest BCUT2D eigenvalue weighted by atomic mass is 10.2. The zero-order valence-corrected chi connectivity index (χ0v) is 8.32. The van der Waals surface area contributed by atoms with Gasteiger partial charge in [0.1, 0.15) is 6.67 Å². The van der Waals surface area contributed by atoms with Crippen LogP contribution in [0.25, 0.3) is 0 Å². The fourth-order valence-electron chi connectivity index (χ4n) is 0.910. The first kappa shape index (κ1) is 10.2. The van der Waals surface area contributed by atoms with Crippen molar-refractivity contribution in [3.63, 3.8) is 0 Å². The van der Waals surface area contributed by atoms with Crippen molar-refractivity contribution in [2.24, 2.45) is 0 Å². The van der Waals surface area contributed by atoms with Crippen molar-refractivity contribution < 1.29 is 4.39 Å². The van der Waals surface area contributed by atoms with Crippen molar-refractivity contribution in [3.8, 4) is 0 Å². The average molecular weight is 204 g/mol. The molecule has 0 aromatic carbocycles. The summed E-state index contributed by atoms with van der Waals surface area (Å²) in [6.45, 7) is 3.54. The molecule has 3 nitrogen and oxygen atoms in total. The number of alkyl halides is 1. The molecule has 0 radical (unpaired) electrons. The quantitative estimate of drug-likeness (QED) is 0.818. The molecule has 1 heterocycles. The molecule has 0 aliphatic rings. The summed E-state index contributed by atoms with van der Waals surface area (Å²) in [6.07, 6.45) is 0. The maximum absolute atomic E-state index is 11.9. The maximum Gasteiger partial charge on any atom is 0.155 e. The SMILES string of the molecule is Cc1c(Cl)nnc(NCCF)c1C. The second-order valence-electron chi connectivity index (χ2n) is 2.71. The number of nitrogens with one attached hydrogen (secondary N) is 1. The highest BCUT2D eigenvalue weighted by Crippen LogP contribution is 2.19. The number of rotatable bonds is 3. The van der Waals surface area contributed by atoms with Gasteiger partial charge in [0, 0.05) is 6.54 Å². The summed E-state index contributed by atoms with van der Waals surface area (Å²) in [5.74, 6) is 0.597. The molecule has 0 saturated heterocycles. The minimum atomic E-state index is -0.428. The Balaban J connectivity index is 2.90. The van der Waals surface area contributed by atoms with Gasteiger partial charge in [-0.2, -0.15) is 0 Å². The first-order chi connectivity index (χ1) is 6.16. The molecule has 0 saturated carbocycles. The van der Waals surface area contributed by atoms with E-state index in [-0.39, 0.29) is 6.54 Å². The van der Waals surface area contributed by atoms with Crippen LogP contribution in [0.2, 0.25) is 5.15 Å². The molecule has 1 rings (SSSR count). The number of anilines is 1. The fourth-order valence-corrected chi connectivity index (χ4v) is 1.09. The molecule has 0 bridgehead atoms. The first-order valence-electron chi connectivity index (χ1n) is 3.96. The van der Waals surface area contributed by atoms with Crippen molar-refractivity contribution >= 4 is 17.4 Å². The summed E-state index contributed by atoms with van der Waals surface area (Å²) < 4.78 is 11.9. The Labute approximate surface area is 81.3 Å². The van der Waals surface area contributed by atoms with Crippen LogP contribution in [0.3, 0.4) is 0 Å². The third-order valence-corrected chi connectivity index (χ3v) is 2.21. The van der Waals surface area contributed by atoms with E-state index >= 15 is 0 Å². The Hall–Kier alpha value is -0.900. The predicted molar refractivity (Wildman–Crippen MR) is 51.0 cm³/mol. The van der Waals surface area contributed by atoms with Crippen molar-refractivity contribution in [3.05, 3.63) is 16.3 Å². The Bertz CT molecular complexity index is 304. The molecule has 72 valence electrons. The van der Waals surface area contributed by atoms with E-state index in [0.717, 1.165) is 11.1 Å². The van der Waals surface area contributed by atoms with Gasteiger partial charge in [-0.15, -0.1) is 10.2 Å². The largest absolute Gasteiger partial charge is 0.366 e. The van der Waals surface area contributed by atoms with Crippen LogP contribution in [0.15, 0.2) is 0 Å². The highest BCUT2D eigenvalue weighted by atomic mass is 35.5. The number of hydrogen-bond acceptors (Lipinski definition) is 3. The molecule has 0 atom stereocenters. The first-order valence-corrected chi connectivity index (χ1v) is 4.33. The van der Waals surface area contributed by atoms with Crippen LogP contribution in [0.5, 0.6) is 0 Å². The van der Waals surface area contributed by atoms with Gasteiger partial charge in [0.2, 0.25) is 0 Å². The third kappa shape index (κ3) is 2.28. The Morgan fingerprint density at radius 2 is 2.00 bits per heavy atom. The van der Waals surface area contributed by atoms with E-state index in [1.165, 1.54) is 0 Å². The van der Waals surface area contributed by atoms with Gasteiger partial charge in [-0.25, -0.2) is 4.39 Å². The third-order valence-electron chi connectivity index (χ3n) is 1.85. The summed E-state index contributed by atoms with van der Waals surface area (Å²) in [7, 11) is 0. The van der Waals surface area contributed by atoms with Gasteiger partial charge in [0.15, 0.2) is 11.0 Å². The van der Waals surface area contributed by atoms with Gasteiger partial charge in [-0.3, -0.25) is 0 Å². The lowest BCUT2D eigenvalue weighted by Crippen LogP contribution is -2.08. The van der Waals surface area contributed by atoms with Crippen LogP contribution in [0.1, 0.15) is 11.1 Å². The molecule has 1 aromatic rings. The van der Waals surface area contributed by atoms with Crippen LogP contribution in [-0.2, 0) is 0 Å². The van der Waals surface area contributed by atoms with E-state index < -0.39 is 6.67 Å². The van der Waals surface area contributed by atoms with E-state index in [0.29, 0.717) is 11.0 Å². The zero-order chi connectivity index (χ0) is 9.84. The van der Waals surface area contributed by atoms with Gasteiger partial charge in [0.25, 0.3) is 0 Å². The van der Waals surface area contributed by atoms with Gasteiger partial charge >= 0.3 is 0 Å². The number of aromatic nitrogens is 2. The highest BCUT2D eigenvalue weighted by Gasteiger charge is 2.06. The van der Waals surface area contributed by atoms with Gasteiger partial charge < -0.3 is 5.32 Å². The van der Waals surface area contributed by atoms with Crippen LogP contribution in [-0.4, -0.2) is 23.4 Å². The van der Waals surface area contributed by atoms with E-state index in [2.05, 4.69) is 15.5 Å². The molecule has 13 heavy (non-hydrogen) atoms. The fraction of sp³-hybridized carbons (Fsp3) is 0.500. The van der Waals surface area contributed by atoms with Gasteiger partial charge in [0.05, 0.1) is 0 Å². The molecule has 0 aliphatic heterocycles. The van der Waals surface area contributed by atoms with Crippen LogP contribution < -0.4 is 5.32 Å². The summed E-state index contributed by atoms with van der Waals surface area (Å²) in [6, 6.07) is 0. The Morgan fingerprint density at radius 3 is 2.62 bits per heavy atom. The van der Waals surface area contributed by atoms with Crippen LogP contribution in [0, 0.1) is 13.8 Å². The lowest BCUT2D eigenvalue weighted by molar-refractivity contribution is 0.512. The monoisotopic (exact) mass is 203 g/mol. The lowest BCUT2D eigenvalue weighted by Gasteiger charge is -2.08. The van der Waals surface area contributed by atoms with Gasteiger partial charge in [-0.05, 0) is 25.0 Å². The summed E-state index contributed by atoms with van der Waals surface area (Å²) in [5, 5.41) is 10.8. The van der Waals surface area contributed by atoms with Crippen molar-refractivity contribution in [1.29, 1.82) is 0 Å². The van der Waals surface area contributed by atoms with E-state index in [1.807, 2.05) is 13.8 Å². The molecule has 1 aromatic heterocycles. The molecule has 0 amide bonds. The second-order valence-corrected chi connectivity index (χ2v) is 3.06. The van der Waals surface area contributed by atoms with Crippen molar-refractivity contribution in [1.82, 2.24) is 10.2 Å². The molecule has 0 spiro atoms. The smallest absolute Gasteiger partial charge is 0.155 e. The van der Waals surface area contributed by atoms with Gasteiger partial charge in [-0.1, -0.05) is 11.6 Å². The van der Waals surface area contributed by atoms with Crippen LogP contribution >= 0.6 is 11.6 Å². The maximum atomic E-state index is 11.9. The molecule has 5 heteroatoms. The summed E-state index contributed by atoms with van der Waals surface area (Å²) in [4.78, 5) is 0. The number of hydrogen-bond donors (Lipinski definition) is 1. The minimum absolute atomic E-state index is 0.247. The molecular weight excluding hydrogens is 193 g/mol. The molecule has 0 fully saturated rings. The van der Waals surface area contributed by atoms with Crippen LogP contribution in [0.4, 0.5) is 10.2 Å². The van der Waals surface area contributed by atoms with E-state index in [1.54, 1.807) is 0 Å². The molecule has 0 aliphatic carbocycles. The van der Waals surface area contributed by atoms with E-state index in [9.17, 15) is 4.39 Å². The minimum Gasteiger partial charge on any atom is -0.366 e. The summed E-state index contributed by atoms with van der Waals surface area (Å²) >= 11 is 5.74. The van der Waals surface area contributed by atoms with E-state index in [4.69, 9.17) is 11.6 Å². The molecule has 0 unspecified atom stereocenters. The second kappa shape index (κ2) is 4.37. The standard InChI is InChI=1S/C8H11ClFN3/c1-5-6(2)8(11-4-3-10)13-12-7(5)9/h3-4H2,1-2H3,(H,11,13). The van der Waals surface area contributed by atoms with Crippen molar-refractivity contribution in [2.75, 3.05) is 18.5 Å². The topological polar surface area (TPSA) is 37.8 Å². The van der Waals surface area contributed by atoms with Crippen molar-refractivity contribution in [2.45, 2.75) is 13.8 Å². The zero-order valence-electron chi connectivity index (χ0n) is 7.56.